The van der Waals surface area contributed by atoms with Crippen molar-refractivity contribution in [1.82, 2.24) is 35.5 Å². The van der Waals surface area contributed by atoms with E-state index in [1.807, 2.05) is 26.8 Å². The zero-order valence-corrected chi connectivity index (χ0v) is 16.3. The number of tetrazole rings is 1. The zero-order chi connectivity index (χ0) is 20.3. The van der Waals surface area contributed by atoms with Gasteiger partial charge in [-0.15, -0.1) is 5.10 Å². The van der Waals surface area contributed by atoms with E-state index in [-0.39, 0.29) is 24.5 Å². The van der Waals surface area contributed by atoms with Gasteiger partial charge >= 0.3 is 0 Å². The van der Waals surface area contributed by atoms with E-state index in [4.69, 9.17) is 0 Å². The molecule has 1 atom stereocenters. The Morgan fingerprint density at radius 2 is 1.89 bits per heavy atom. The molecule has 0 fully saturated rings. The Morgan fingerprint density at radius 1 is 1.18 bits per heavy atom. The van der Waals surface area contributed by atoms with Crippen LogP contribution in [0.25, 0.3) is 17.1 Å². The van der Waals surface area contributed by atoms with Crippen molar-refractivity contribution in [2.75, 3.05) is 6.61 Å². The van der Waals surface area contributed by atoms with Crippen LogP contribution in [0.5, 0.6) is 0 Å². The topological polar surface area (TPSA) is 119 Å². The van der Waals surface area contributed by atoms with Gasteiger partial charge in [-0.25, -0.2) is 9.97 Å². The van der Waals surface area contributed by atoms with E-state index < -0.39 is 0 Å². The van der Waals surface area contributed by atoms with Gasteiger partial charge in [0.15, 0.2) is 11.6 Å². The molecule has 1 unspecified atom stereocenters. The van der Waals surface area contributed by atoms with Gasteiger partial charge in [-0.1, -0.05) is 13.8 Å². The summed E-state index contributed by atoms with van der Waals surface area (Å²) in [6.45, 7) is 7.47. The highest BCUT2D eigenvalue weighted by molar-refractivity contribution is 5.96. The lowest BCUT2D eigenvalue weighted by Gasteiger charge is -2.14. The average Bonchev–Trinajstić information content (AvgIpc) is 3.18. The molecule has 28 heavy (non-hydrogen) atoms. The lowest BCUT2D eigenvalue weighted by atomic mass is 10.1. The van der Waals surface area contributed by atoms with Crippen LogP contribution < -0.4 is 5.32 Å². The monoisotopic (exact) mass is 381 g/mol. The van der Waals surface area contributed by atoms with Crippen LogP contribution in [0, 0.1) is 6.92 Å². The minimum absolute atomic E-state index is 0.0981. The van der Waals surface area contributed by atoms with Gasteiger partial charge in [-0.3, -0.25) is 4.79 Å². The summed E-state index contributed by atoms with van der Waals surface area (Å²) < 4.78 is 1.61. The molecule has 0 spiro atoms. The first-order valence-corrected chi connectivity index (χ1v) is 9.03. The molecule has 0 radical (unpaired) electrons. The second-order valence-corrected chi connectivity index (χ2v) is 7.01. The van der Waals surface area contributed by atoms with E-state index >= 15 is 0 Å². The molecular weight excluding hydrogens is 358 g/mol. The van der Waals surface area contributed by atoms with E-state index in [2.05, 4.69) is 30.8 Å². The number of hydrogen-bond acceptors (Lipinski definition) is 7. The number of carbonyl (C=O) groups is 1. The number of aliphatic hydroxyl groups excluding tert-OH is 1. The van der Waals surface area contributed by atoms with Gasteiger partial charge in [0.1, 0.15) is 0 Å². The Hall–Kier alpha value is -3.20. The molecule has 2 N–H and O–H groups in total. The number of aromatic nitrogens is 6. The summed E-state index contributed by atoms with van der Waals surface area (Å²) in [5.74, 6) is 0.963. The number of hydrogen-bond donors (Lipinski definition) is 2. The minimum atomic E-state index is -0.366. The van der Waals surface area contributed by atoms with Crippen molar-refractivity contribution in [2.45, 2.75) is 39.7 Å². The summed E-state index contributed by atoms with van der Waals surface area (Å²) in [7, 11) is 0. The van der Waals surface area contributed by atoms with Crippen molar-refractivity contribution < 1.29 is 9.90 Å². The molecule has 0 saturated heterocycles. The normalized spacial score (nSPS) is 12.2. The predicted octanol–water partition coefficient (Wildman–Crippen LogP) is 1.66. The van der Waals surface area contributed by atoms with Crippen molar-refractivity contribution in [1.29, 1.82) is 0 Å². The molecule has 2 heterocycles. The van der Waals surface area contributed by atoms with Crippen LogP contribution in [0.15, 0.2) is 30.6 Å². The molecule has 0 aliphatic heterocycles. The molecule has 9 nitrogen and oxygen atoms in total. The quantitative estimate of drug-likeness (QED) is 0.666. The second kappa shape index (κ2) is 8.22. The summed E-state index contributed by atoms with van der Waals surface area (Å²) in [4.78, 5) is 21.4. The van der Waals surface area contributed by atoms with E-state index in [9.17, 15) is 9.90 Å². The van der Waals surface area contributed by atoms with Crippen LogP contribution in [0.2, 0.25) is 0 Å². The first kappa shape index (κ1) is 19.6. The lowest BCUT2D eigenvalue weighted by Crippen LogP contribution is -2.35. The molecule has 0 bridgehead atoms. The number of carbonyl (C=O) groups excluding carboxylic acids is 1. The standard InChI is InChI=1S/C19H23N7O2/c1-11(2)18-23-24-25-26(18)16-6-14(17-20-8-12(3)9-21-17)5-15(7-16)19(28)22-13(4)10-27/h5-9,11,13,27H,10H2,1-4H3,(H,22,28). The molecular formula is C19H23N7O2. The summed E-state index contributed by atoms with van der Waals surface area (Å²) in [5.41, 5.74) is 2.65. The number of nitrogens with zero attached hydrogens (tertiary/aromatic N) is 6. The smallest absolute Gasteiger partial charge is 0.251 e. The van der Waals surface area contributed by atoms with E-state index in [1.165, 1.54) is 0 Å². The molecule has 2 aromatic heterocycles. The molecule has 146 valence electrons. The highest BCUT2D eigenvalue weighted by Crippen LogP contribution is 2.23. The van der Waals surface area contributed by atoms with Crippen molar-refractivity contribution in [3.63, 3.8) is 0 Å². The fourth-order valence-electron chi connectivity index (χ4n) is 2.63. The third-order valence-electron chi connectivity index (χ3n) is 4.13. The first-order chi connectivity index (χ1) is 13.4. The average molecular weight is 381 g/mol. The van der Waals surface area contributed by atoms with Gasteiger partial charge in [0, 0.05) is 35.5 Å². The molecule has 0 saturated carbocycles. The van der Waals surface area contributed by atoms with Gasteiger partial charge in [0.2, 0.25) is 0 Å². The molecule has 3 aromatic rings. The van der Waals surface area contributed by atoms with Crippen molar-refractivity contribution in [2.24, 2.45) is 0 Å². The third kappa shape index (κ3) is 4.20. The number of aliphatic hydroxyl groups is 1. The lowest BCUT2D eigenvalue weighted by molar-refractivity contribution is 0.0922. The highest BCUT2D eigenvalue weighted by atomic mass is 16.3. The number of amides is 1. The van der Waals surface area contributed by atoms with Gasteiger partial charge in [0.25, 0.3) is 5.91 Å². The molecule has 0 aliphatic rings. The van der Waals surface area contributed by atoms with Crippen molar-refractivity contribution in [3.8, 4) is 17.1 Å². The maximum absolute atomic E-state index is 12.7. The Labute approximate surface area is 162 Å². The molecule has 3 rings (SSSR count). The molecule has 0 aliphatic carbocycles. The molecule has 1 aromatic carbocycles. The molecule has 1 amide bonds. The number of rotatable bonds is 6. The Balaban J connectivity index is 2.12. The summed E-state index contributed by atoms with van der Waals surface area (Å²) >= 11 is 0. The van der Waals surface area contributed by atoms with Crippen molar-refractivity contribution in [3.05, 3.63) is 47.5 Å². The van der Waals surface area contributed by atoms with E-state index in [0.717, 1.165) is 5.56 Å². The Morgan fingerprint density at radius 3 is 2.54 bits per heavy atom. The third-order valence-corrected chi connectivity index (χ3v) is 4.13. The van der Waals surface area contributed by atoms with Gasteiger partial charge in [-0.05, 0) is 48.0 Å². The fourth-order valence-corrected chi connectivity index (χ4v) is 2.63. The van der Waals surface area contributed by atoms with Crippen LogP contribution in [-0.4, -0.2) is 53.8 Å². The summed E-state index contributed by atoms with van der Waals surface area (Å²) in [6, 6.07) is 4.90. The first-order valence-electron chi connectivity index (χ1n) is 9.03. The highest BCUT2D eigenvalue weighted by Gasteiger charge is 2.17. The maximum atomic E-state index is 12.7. The number of aryl methyl sites for hydroxylation is 1. The van der Waals surface area contributed by atoms with E-state index in [1.54, 1.807) is 36.1 Å². The SMILES string of the molecule is Cc1cnc(-c2cc(C(=O)NC(C)CO)cc(-n3nnnc3C(C)C)c2)nc1. The summed E-state index contributed by atoms with van der Waals surface area (Å²) in [6.07, 6.45) is 3.44. The fraction of sp³-hybridized carbons (Fsp3) is 0.368. The van der Waals surface area contributed by atoms with Crippen LogP contribution in [0.4, 0.5) is 0 Å². The predicted molar refractivity (Wildman–Crippen MR) is 103 cm³/mol. The number of benzene rings is 1. The van der Waals surface area contributed by atoms with Gasteiger partial charge < -0.3 is 10.4 Å². The zero-order valence-electron chi connectivity index (χ0n) is 16.3. The Bertz CT molecular complexity index is 967. The number of nitrogens with one attached hydrogen (secondary N) is 1. The van der Waals surface area contributed by atoms with Gasteiger partial charge in [-0.2, -0.15) is 4.68 Å². The van der Waals surface area contributed by atoms with Crippen LogP contribution in [0.3, 0.4) is 0 Å². The van der Waals surface area contributed by atoms with Crippen molar-refractivity contribution >= 4 is 5.91 Å². The Kier molecular flexibility index (Phi) is 5.74. The van der Waals surface area contributed by atoms with Crippen LogP contribution >= 0.6 is 0 Å². The van der Waals surface area contributed by atoms with Gasteiger partial charge in [0.05, 0.1) is 12.3 Å². The molecule has 9 heteroatoms. The summed E-state index contributed by atoms with van der Waals surface area (Å²) in [5, 5.41) is 23.9. The second-order valence-electron chi connectivity index (χ2n) is 7.01. The minimum Gasteiger partial charge on any atom is -0.394 e. The maximum Gasteiger partial charge on any atom is 0.251 e. The van der Waals surface area contributed by atoms with E-state index in [0.29, 0.717) is 28.5 Å². The largest absolute Gasteiger partial charge is 0.394 e. The van der Waals surface area contributed by atoms with Crippen LogP contribution in [-0.2, 0) is 0 Å². The van der Waals surface area contributed by atoms with Crippen LogP contribution in [0.1, 0.15) is 48.4 Å².